The van der Waals surface area contributed by atoms with Crippen LogP contribution in [0.2, 0.25) is 0 Å². The van der Waals surface area contributed by atoms with E-state index in [2.05, 4.69) is 19.3 Å². The van der Waals surface area contributed by atoms with Crippen molar-refractivity contribution in [3.8, 4) is 0 Å². The second kappa shape index (κ2) is 8.27. The number of rotatable bonds is 7. The third-order valence-corrected chi connectivity index (χ3v) is 3.82. The lowest BCUT2D eigenvalue weighted by Gasteiger charge is -2.09. The molecule has 0 N–H and O–H groups in total. The van der Waals surface area contributed by atoms with Gasteiger partial charge in [0.25, 0.3) is 0 Å². The molecule has 0 aromatic heterocycles. The molecular formula is C14H26S. The van der Waals surface area contributed by atoms with Crippen LogP contribution in [0, 0.1) is 5.92 Å². The van der Waals surface area contributed by atoms with Gasteiger partial charge in [-0.25, -0.2) is 0 Å². The van der Waals surface area contributed by atoms with Crippen LogP contribution < -0.4 is 0 Å². The van der Waals surface area contributed by atoms with Crippen LogP contribution >= 0.6 is 11.8 Å². The first-order valence-corrected chi connectivity index (χ1v) is 7.72. The predicted octanol–water partition coefficient (Wildman–Crippen LogP) is 5.05. The highest BCUT2D eigenvalue weighted by Gasteiger charge is 2.19. The maximum absolute atomic E-state index is 8.02. The molecule has 1 heteroatoms. The van der Waals surface area contributed by atoms with Crippen molar-refractivity contribution in [3.05, 3.63) is 11.6 Å². The average Bonchev–Trinajstić information content (AvgIpc) is 2.76. The van der Waals surface area contributed by atoms with Crippen LogP contribution in [0.15, 0.2) is 11.6 Å². The molecule has 1 saturated carbocycles. The lowest BCUT2D eigenvalue weighted by molar-refractivity contribution is 0.666. The van der Waals surface area contributed by atoms with E-state index >= 15 is 0 Å². The van der Waals surface area contributed by atoms with Gasteiger partial charge in [-0.15, -0.1) is 0 Å². The van der Waals surface area contributed by atoms with Crippen LogP contribution in [0.1, 0.15) is 59.7 Å². The number of allylic oxidation sites excluding steroid dienone is 2. The van der Waals surface area contributed by atoms with Crippen molar-refractivity contribution in [2.75, 3.05) is 12.0 Å². The molecular weight excluding hydrogens is 200 g/mol. The Bertz CT molecular complexity index is 213. The van der Waals surface area contributed by atoms with Crippen molar-refractivity contribution < 1.29 is 1.37 Å². The number of unbranched alkanes of at least 4 members (excludes halogenated alkanes) is 4. The molecule has 1 aliphatic carbocycles. The Balaban J connectivity index is 2.30. The van der Waals surface area contributed by atoms with Crippen molar-refractivity contribution in [3.63, 3.8) is 0 Å². The normalized spacial score (nSPS) is 26.9. The molecule has 0 nitrogen and oxygen atoms in total. The van der Waals surface area contributed by atoms with Gasteiger partial charge in [-0.05, 0) is 50.0 Å². The topological polar surface area (TPSA) is 0 Å². The van der Waals surface area contributed by atoms with Gasteiger partial charge in [-0.1, -0.05) is 37.8 Å². The zero-order chi connectivity index (χ0) is 11.8. The molecule has 0 amide bonds. The van der Waals surface area contributed by atoms with Crippen molar-refractivity contribution in [2.45, 2.75) is 58.3 Å². The van der Waals surface area contributed by atoms with Gasteiger partial charge in [-0.3, -0.25) is 0 Å². The number of hydrogen-bond donors (Lipinski definition) is 0. The monoisotopic (exact) mass is 227 g/mol. The first-order chi connectivity index (χ1) is 7.79. The first kappa shape index (κ1) is 11.6. The van der Waals surface area contributed by atoms with E-state index in [-0.39, 0.29) is 5.73 Å². The third-order valence-electron chi connectivity index (χ3n) is 3.22. The van der Waals surface area contributed by atoms with Crippen LogP contribution in [0.25, 0.3) is 0 Å². The summed E-state index contributed by atoms with van der Waals surface area (Å²) in [5, 5.41) is 0. The highest BCUT2D eigenvalue weighted by atomic mass is 32.2. The van der Waals surface area contributed by atoms with Crippen LogP contribution in [0.4, 0.5) is 0 Å². The maximum Gasteiger partial charge on any atom is 0.0386 e. The van der Waals surface area contributed by atoms with E-state index in [1.807, 2.05) is 0 Å². The Labute approximate surface area is 101 Å². The summed E-state index contributed by atoms with van der Waals surface area (Å²) in [6.45, 7) is 2.26. The second-order valence-electron chi connectivity index (χ2n) is 4.50. The van der Waals surface area contributed by atoms with Gasteiger partial charge >= 0.3 is 0 Å². The largest absolute Gasteiger partial charge is 0.165 e. The fourth-order valence-electron chi connectivity index (χ4n) is 2.33. The molecule has 0 radical (unpaired) electrons. The summed E-state index contributed by atoms with van der Waals surface area (Å²) in [6.07, 6.45) is 15.0. The minimum absolute atomic E-state index is 0.0735. The van der Waals surface area contributed by atoms with Crippen LogP contribution in [-0.2, 0) is 0 Å². The zero-order valence-corrected chi connectivity index (χ0v) is 11.1. The Morgan fingerprint density at radius 2 is 2.33 bits per heavy atom. The van der Waals surface area contributed by atoms with Gasteiger partial charge in [0, 0.05) is 1.37 Å². The van der Waals surface area contributed by atoms with Gasteiger partial charge in [0.05, 0.1) is 0 Å². The van der Waals surface area contributed by atoms with Gasteiger partial charge < -0.3 is 0 Å². The molecule has 1 rings (SSSR count). The highest BCUT2D eigenvalue weighted by Crippen LogP contribution is 2.33. The van der Waals surface area contributed by atoms with E-state index in [1.165, 1.54) is 51.4 Å². The van der Waals surface area contributed by atoms with E-state index in [9.17, 15) is 0 Å². The average molecular weight is 227 g/mol. The van der Waals surface area contributed by atoms with Gasteiger partial charge in [0.1, 0.15) is 0 Å². The molecule has 1 aliphatic rings. The molecule has 0 aromatic carbocycles. The van der Waals surface area contributed by atoms with Gasteiger partial charge in [0.2, 0.25) is 0 Å². The SMILES string of the molecule is [2H][C@@H](SC)C1CCC/C1=C\CCCCCC. The second-order valence-corrected chi connectivity index (χ2v) is 5.24. The molecule has 88 valence electrons. The lowest BCUT2D eigenvalue weighted by Crippen LogP contribution is -1.99. The Morgan fingerprint density at radius 3 is 3.07 bits per heavy atom. The molecule has 2 atom stereocenters. The fraction of sp³-hybridized carbons (Fsp3) is 0.857. The summed E-state index contributed by atoms with van der Waals surface area (Å²) in [6, 6.07) is 0. The quantitative estimate of drug-likeness (QED) is 0.433. The molecule has 0 heterocycles. The smallest absolute Gasteiger partial charge is 0.0386 e. The molecule has 0 spiro atoms. The van der Waals surface area contributed by atoms with Crippen molar-refractivity contribution in [2.24, 2.45) is 5.92 Å². The summed E-state index contributed by atoms with van der Waals surface area (Å²) in [5.74, 6) is 0.557. The minimum Gasteiger partial charge on any atom is -0.165 e. The number of thioether (sulfide) groups is 1. The Morgan fingerprint density at radius 1 is 1.47 bits per heavy atom. The Hall–Kier alpha value is 0.0900. The highest BCUT2D eigenvalue weighted by molar-refractivity contribution is 7.98. The molecule has 0 bridgehead atoms. The first-order valence-electron chi connectivity index (χ1n) is 7.01. The van der Waals surface area contributed by atoms with Gasteiger partial charge in [-0.2, -0.15) is 11.8 Å². The van der Waals surface area contributed by atoms with E-state index in [0.29, 0.717) is 5.92 Å². The fourth-order valence-corrected chi connectivity index (χ4v) is 2.97. The summed E-state index contributed by atoms with van der Waals surface area (Å²) in [4.78, 5) is 0. The summed E-state index contributed by atoms with van der Waals surface area (Å²) in [5.41, 5.74) is 1.66. The van der Waals surface area contributed by atoms with E-state index in [0.717, 1.165) is 0 Å². The van der Waals surface area contributed by atoms with Gasteiger partial charge in [0.15, 0.2) is 0 Å². The lowest BCUT2D eigenvalue weighted by atomic mass is 10.0. The third kappa shape index (κ3) is 5.10. The molecule has 0 aromatic rings. The zero-order valence-electron chi connectivity index (χ0n) is 11.3. The van der Waals surface area contributed by atoms with E-state index in [4.69, 9.17) is 1.37 Å². The van der Waals surface area contributed by atoms with Crippen molar-refractivity contribution in [1.82, 2.24) is 0 Å². The predicted molar refractivity (Wildman–Crippen MR) is 72.6 cm³/mol. The summed E-state index contributed by atoms with van der Waals surface area (Å²) < 4.78 is 8.02. The van der Waals surface area contributed by atoms with Crippen LogP contribution in [-0.4, -0.2) is 12.0 Å². The minimum atomic E-state index is 0.0735. The molecule has 1 unspecified atom stereocenters. The van der Waals surface area contributed by atoms with Crippen LogP contribution in [0.3, 0.4) is 0 Å². The van der Waals surface area contributed by atoms with E-state index < -0.39 is 0 Å². The van der Waals surface area contributed by atoms with Crippen molar-refractivity contribution in [1.29, 1.82) is 0 Å². The summed E-state index contributed by atoms with van der Waals surface area (Å²) in [7, 11) is 0. The number of hydrogen-bond acceptors (Lipinski definition) is 1. The van der Waals surface area contributed by atoms with Crippen LogP contribution in [0.5, 0.6) is 0 Å². The standard InChI is InChI=1S/C14H26S/c1-3-4-5-6-7-9-13-10-8-11-14(13)12-15-2/h9,14H,3-8,10-12H2,1-2H3/b13-9+/i12D/t12-,14?/m1/s1. The van der Waals surface area contributed by atoms with Crippen molar-refractivity contribution >= 4 is 11.8 Å². The molecule has 1 fully saturated rings. The maximum atomic E-state index is 8.02. The Kier molecular flexibility index (Phi) is 6.38. The molecule has 15 heavy (non-hydrogen) atoms. The van der Waals surface area contributed by atoms with E-state index in [1.54, 1.807) is 17.3 Å². The molecule has 0 aliphatic heterocycles. The summed E-state index contributed by atoms with van der Waals surface area (Å²) >= 11 is 1.70. The molecule has 0 saturated heterocycles.